The Bertz CT molecular complexity index is 922. The predicted octanol–water partition coefficient (Wildman–Crippen LogP) is 2.10. The van der Waals surface area contributed by atoms with E-state index in [-0.39, 0.29) is 5.91 Å². The fourth-order valence-corrected chi connectivity index (χ4v) is 3.36. The van der Waals surface area contributed by atoms with Gasteiger partial charge in [0.25, 0.3) is 5.91 Å². The third-order valence-corrected chi connectivity index (χ3v) is 5.12. The van der Waals surface area contributed by atoms with Gasteiger partial charge in [-0.15, -0.1) is 10.2 Å². The van der Waals surface area contributed by atoms with Gasteiger partial charge in [-0.2, -0.15) is 0 Å². The van der Waals surface area contributed by atoms with Gasteiger partial charge >= 0.3 is 0 Å². The topological polar surface area (TPSA) is 80.3 Å². The van der Waals surface area contributed by atoms with Crippen LogP contribution in [0.4, 0.5) is 5.82 Å². The number of hydrogen-bond donors (Lipinski definition) is 0. The summed E-state index contributed by atoms with van der Waals surface area (Å²) in [4.78, 5) is 16.6. The van der Waals surface area contributed by atoms with Gasteiger partial charge in [0.05, 0.1) is 0 Å². The van der Waals surface area contributed by atoms with Gasteiger partial charge in [0.15, 0.2) is 17.3 Å². The summed E-state index contributed by atoms with van der Waals surface area (Å²) in [7, 11) is 0. The van der Waals surface area contributed by atoms with Gasteiger partial charge in [-0.05, 0) is 37.1 Å². The van der Waals surface area contributed by atoms with Gasteiger partial charge < -0.3 is 18.9 Å². The lowest BCUT2D eigenvalue weighted by Gasteiger charge is -2.34. The summed E-state index contributed by atoms with van der Waals surface area (Å²) < 4.78 is 7.22. The molecular formula is C19H20N6O2. The number of amides is 1. The number of carbonyl (C=O) groups excluding carboxylic acids is 1. The second-order valence-electron chi connectivity index (χ2n) is 7.01. The van der Waals surface area contributed by atoms with Crippen molar-refractivity contribution in [3.8, 4) is 5.82 Å². The van der Waals surface area contributed by atoms with E-state index < -0.39 is 0 Å². The van der Waals surface area contributed by atoms with E-state index in [2.05, 4.69) is 20.3 Å². The van der Waals surface area contributed by atoms with Gasteiger partial charge in [-0.25, -0.2) is 0 Å². The van der Waals surface area contributed by atoms with Crippen LogP contribution < -0.4 is 4.90 Å². The number of anilines is 1. The van der Waals surface area contributed by atoms with E-state index in [0.29, 0.717) is 24.7 Å². The third-order valence-electron chi connectivity index (χ3n) is 5.12. The maximum absolute atomic E-state index is 12.6. The smallest absolute Gasteiger partial charge is 0.276 e. The highest BCUT2D eigenvalue weighted by Gasteiger charge is 2.30. The van der Waals surface area contributed by atoms with Gasteiger partial charge in [0, 0.05) is 50.6 Å². The molecule has 0 aromatic carbocycles. The van der Waals surface area contributed by atoms with E-state index in [0.717, 1.165) is 43.3 Å². The number of hydrogen-bond acceptors (Lipinski definition) is 6. The summed E-state index contributed by atoms with van der Waals surface area (Å²) in [5.74, 6) is 2.86. The molecular weight excluding hydrogens is 344 g/mol. The van der Waals surface area contributed by atoms with Crippen LogP contribution in [0, 0.1) is 0 Å². The van der Waals surface area contributed by atoms with Crippen LogP contribution in [0.2, 0.25) is 0 Å². The number of aromatic nitrogens is 4. The van der Waals surface area contributed by atoms with E-state index in [1.54, 1.807) is 6.07 Å². The quantitative estimate of drug-likeness (QED) is 0.705. The first-order chi connectivity index (χ1) is 13.3. The zero-order chi connectivity index (χ0) is 18.2. The van der Waals surface area contributed by atoms with Crippen LogP contribution in [0.3, 0.4) is 0 Å². The van der Waals surface area contributed by atoms with Crippen molar-refractivity contribution in [2.75, 3.05) is 31.1 Å². The second kappa shape index (κ2) is 6.53. The molecule has 2 aliphatic rings. The zero-order valence-electron chi connectivity index (χ0n) is 14.9. The molecule has 8 heteroatoms. The minimum atomic E-state index is -0.0562. The molecule has 1 aliphatic heterocycles. The average Bonchev–Trinajstić information content (AvgIpc) is 3.22. The molecule has 4 heterocycles. The van der Waals surface area contributed by atoms with Crippen LogP contribution in [0.15, 0.2) is 47.2 Å². The van der Waals surface area contributed by atoms with E-state index in [1.165, 1.54) is 0 Å². The Hall–Kier alpha value is -3.16. The van der Waals surface area contributed by atoms with Crippen molar-refractivity contribution in [3.05, 3.63) is 54.2 Å². The molecule has 3 aromatic heterocycles. The molecule has 1 aliphatic carbocycles. The Morgan fingerprint density at radius 2 is 1.70 bits per heavy atom. The Labute approximate surface area is 156 Å². The van der Waals surface area contributed by atoms with Crippen LogP contribution in [0.25, 0.3) is 5.82 Å². The van der Waals surface area contributed by atoms with Gasteiger partial charge in [0.2, 0.25) is 0 Å². The molecule has 27 heavy (non-hydrogen) atoms. The molecule has 0 atom stereocenters. The lowest BCUT2D eigenvalue weighted by atomic mass is 10.2. The van der Waals surface area contributed by atoms with Crippen molar-refractivity contribution >= 4 is 11.7 Å². The highest BCUT2D eigenvalue weighted by atomic mass is 16.5. The summed E-state index contributed by atoms with van der Waals surface area (Å²) in [6.45, 7) is 2.70. The molecule has 0 spiro atoms. The maximum atomic E-state index is 12.6. The van der Waals surface area contributed by atoms with Crippen molar-refractivity contribution < 1.29 is 9.32 Å². The van der Waals surface area contributed by atoms with Gasteiger partial charge in [0.1, 0.15) is 5.76 Å². The standard InChI is InChI=1S/C19H20N6O2/c26-19(15-13-16(27-22-15)14-3-4-14)25-11-9-24(10-12-25)18-6-5-17(20-21-18)23-7-1-2-8-23/h1-2,5-8,13-14H,3-4,9-12H2. The lowest BCUT2D eigenvalue weighted by Crippen LogP contribution is -2.49. The molecule has 0 unspecified atom stereocenters. The maximum Gasteiger partial charge on any atom is 0.276 e. The molecule has 1 saturated carbocycles. The second-order valence-corrected chi connectivity index (χ2v) is 7.01. The summed E-state index contributed by atoms with van der Waals surface area (Å²) >= 11 is 0. The first-order valence-electron chi connectivity index (χ1n) is 9.26. The highest BCUT2D eigenvalue weighted by molar-refractivity contribution is 5.92. The number of rotatable bonds is 4. The Morgan fingerprint density at radius 1 is 1.00 bits per heavy atom. The predicted molar refractivity (Wildman–Crippen MR) is 98.0 cm³/mol. The lowest BCUT2D eigenvalue weighted by molar-refractivity contribution is 0.0736. The number of nitrogens with zero attached hydrogens (tertiary/aromatic N) is 6. The molecule has 0 N–H and O–H groups in total. The summed E-state index contributed by atoms with van der Waals surface area (Å²) in [6.07, 6.45) is 6.14. The molecule has 138 valence electrons. The molecule has 1 saturated heterocycles. The Balaban J connectivity index is 1.21. The van der Waals surface area contributed by atoms with Crippen LogP contribution in [-0.2, 0) is 0 Å². The number of piperazine rings is 1. The Morgan fingerprint density at radius 3 is 2.37 bits per heavy atom. The van der Waals surface area contributed by atoms with Crippen LogP contribution in [-0.4, -0.2) is 56.9 Å². The fourth-order valence-electron chi connectivity index (χ4n) is 3.36. The third kappa shape index (κ3) is 3.18. The van der Waals surface area contributed by atoms with Crippen molar-refractivity contribution in [1.29, 1.82) is 0 Å². The normalized spacial score (nSPS) is 17.3. The first kappa shape index (κ1) is 16.0. The van der Waals surface area contributed by atoms with E-state index >= 15 is 0 Å². The SMILES string of the molecule is O=C(c1cc(C2CC2)on1)N1CCN(c2ccc(-n3cccc3)nn2)CC1. The summed E-state index contributed by atoms with van der Waals surface area (Å²) in [6, 6.07) is 9.63. The van der Waals surface area contributed by atoms with Gasteiger partial charge in [-0.3, -0.25) is 4.79 Å². The van der Waals surface area contributed by atoms with Crippen molar-refractivity contribution in [2.45, 2.75) is 18.8 Å². The minimum absolute atomic E-state index is 0.0562. The average molecular weight is 364 g/mol. The fraction of sp³-hybridized carbons (Fsp3) is 0.368. The van der Waals surface area contributed by atoms with Crippen LogP contribution >= 0.6 is 0 Å². The molecule has 5 rings (SSSR count). The van der Waals surface area contributed by atoms with Crippen molar-refractivity contribution in [3.63, 3.8) is 0 Å². The van der Waals surface area contributed by atoms with Crippen molar-refractivity contribution in [2.24, 2.45) is 0 Å². The monoisotopic (exact) mass is 364 g/mol. The number of carbonyl (C=O) groups is 1. The van der Waals surface area contributed by atoms with Crippen LogP contribution in [0.5, 0.6) is 0 Å². The zero-order valence-corrected chi connectivity index (χ0v) is 14.9. The molecule has 1 amide bonds. The minimum Gasteiger partial charge on any atom is -0.360 e. The summed E-state index contributed by atoms with van der Waals surface area (Å²) in [5.41, 5.74) is 0.418. The van der Waals surface area contributed by atoms with Crippen molar-refractivity contribution in [1.82, 2.24) is 24.8 Å². The van der Waals surface area contributed by atoms with Crippen LogP contribution in [0.1, 0.15) is 35.0 Å². The highest BCUT2D eigenvalue weighted by Crippen LogP contribution is 2.40. The largest absolute Gasteiger partial charge is 0.360 e. The van der Waals surface area contributed by atoms with E-state index in [9.17, 15) is 4.79 Å². The molecule has 0 bridgehead atoms. The molecule has 8 nitrogen and oxygen atoms in total. The summed E-state index contributed by atoms with van der Waals surface area (Å²) in [5, 5.41) is 12.6. The molecule has 2 fully saturated rings. The van der Waals surface area contributed by atoms with E-state index in [4.69, 9.17) is 4.52 Å². The Kier molecular flexibility index (Phi) is 3.88. The van der Waals surface area contributed by atoms with E-state index in [1.807, 2.05) is 46.1 Å². The molecule has 3 aromatic rings. The first-order valence-corrected chi connectivity index (χ1v) is 9.26. The van der Waals surface area contributed by atoms with Gasteiger partial charge in [-0.1, -0.05) is 5.16 Å². The molecule has 0 radical (unpaired) electrons.